The zero-order valence-corrected chi connectivity index (χ0v) is 25.2. The van der Waals surface area contributed by atoms with Crippen molar-refractivity contribution < 1.29 is 0 Å². The molecular weight excluding hydrogens is 504 g/mol. The molecule has 0 aliphatic rings. The summed E-state index contributed by atoms with van der Waals surface area (Å²) in [5.74, 6) is 0. The van der Waals surface area contributed by atoms with E-state index in [4.69, 9.17) is 0 Å². The van der Waals surface area contributed by atoms with Crippen molar-refractivity contribution in [3.05, 3.63) is 130 Å². The highest BCUT2D eigenvalue weighted by Gasteiger charge is 2.21. The Kier molecular flexibility index (Phi) is 5.32. The summed E-state index contributed by atoms with van der Waals surface area (Å²) in [4.78, 5) is 0. The van der Waals surface area contributed by atoms with Gasteiger partial charge in [-0.2, -0.15) is 0 Å². The van der Waals surface area contributed by atoms with Crippen molar-refractivity contribution in [2.24, 2.45) is 0 Å². The Morgan fingerprint density at radius 2 is 0.548 bits per heavy atom. The van der Waals surface area contributed by atoms with Crippen molar-refractivity contribution in [1.82, 2.24) is 0 Å². The molecule has 0 aliphatic heterocycles. The summed E-state index contributed by atoms with van der Waals surface area (Å²) in [6, 6.07) is 37.0. The van der Waals surface area contributed by atoms with E-state index in [9.17, 15) is 0 Å². The maximum atomic E-state index is 2.50. The van der Waals surface area contributed by atoms with Crippen LogP contribution in [0.4, 0.5) is 0 Å². The maximum Gasteiger partial charge on any atom is -0.00174 e. The summed E-state index contributed by atoms with van der Waals surface area (Å²) >= 11 is 0. The van der Waals surface area contributed by atoms with Crippen LogP contribution < -0.4 is 0 Å². The topological polar surface area (TPSA) is 0 Å². The highest BCUT2D eigenvalue weighted by molar-refractivity contribution is 6.30. The Bertz CT molecular complexity index is 2280. The van der Waals surface area contributed by atoms with Crippen LogP contribution in [0.25, 0.3) is 75.8 Å². The molecule has 0 bridgehead atoms. The third-order valence-electron chi connectivity index (χ3n) is 9.79. The van der Waals surface area contributed by atoms with E-state index >= 15 is 0 Å². The fraction of sp³-hybridized carbons (Fsp3) is 0.143. The van der Waals surface area contributed by atoms with Crippen LogP contribution in [0.2, 0.25) is 0 Å². The number of hydrogen-bond acceptors (Lipinski definition) is 0. The van der Waals surface area contributed by atoms with Crippen molar-refractivity contribution in [2.75, 3.05) is 0 Å². The van der Waals surface area contributed by atoms with E-state index in [-0.39, 0.29) is 0 Å². The van der Waals surface area contributed by atoms with Gasteiger partial charge in [0.05, 0.1) is 0 Å². The monoisotopic (exact) mass is 538 g/mol. The van der Waals surface area contributed by atoms with E-state index in [0.29, 0.717) is 0 Å². The molecule has 0 aliphatic carbocycles. The van der Waals surface area contributed by atoms with E-state index in [2.05, 4.69) is 139 Å². The van der Waals surface area contributed by atoms with Gasteiger partial charge in [-0.15, -0.1) is 0 Å². The van der Waals surface area contributed by atoms with Crippen molar-refractivity contribution >= 4 is 64.6 Å². The third-order valence-corrected chi connectivity index (χ3v) is 9.79. The zero-order chi connectivity index (χ0) is 28.9. The molecule has 0 spiro atoms. The molecule has 8 aromatic carbocycles. The van der Waals surface area contributed by atoms with Gasteiger partial charge < -0.3 is 0 Å². The minimum absolute atomic E-state index is 1.32. The predicted molar refractivity (Wildman–Crippen MR) is 185 cm³/mol. The Balaban J connectivity index is 1.74. The number of fused-ring (bicyclic) bond motifs is 10. The second-order valence-electron chi connectivity index (χ2n) is 12.4. The van der Waals surface area contributed by atoms with Gasteiger partial charge in [-0.1, -0.05) is 84.9 Å². The van der Waals surface area contributed by atoms with Crippen LogP contribution in [-0.2, 0) is 0 Å². The van der Waals surface area contributed by atoms with Gasteiger partial charge in [-0.3, -0.25) is 0 Å². The Hall–Kier alpha value is -4.68. The first-order valence-corrected chi connectivity index (χ1v) is 15.0. The molecule has 42 heavy (non-hydrogen) atoms. The van der Waals surface area contributed by atoms with E-state index in [1.807, 2.05) is 0 Å². The van der Waals surface area contributed by atoms with Gasteiger partial charge in [0.2, 0.25) is 0 Å². The van der Waals surface area contributed by atoms with Crippen LogP contribution in [0.3, 0.4) is 0 Å². The van der Waals surface area contributed by atoms with Gasteiger partial charge >= 0.3 is 0 Å². The normalized spacial score (nSPS) is 12.0. The van der Waals surface area contributed by atoms with Gasteiger partial charge in [0.15, 0.2) is 0 Å². The molecule has 0 unspecified atom stereocenters. The molecule has 0 N–H and O–H groups in total. The van der Waals surface area contributed by atoms with Gasteiger partial charge in [-0.25, -0.2) is 0 Å². The first-order chi connectivity index (χ1) is 20.3. The average Bonchev–Trinajstić information content (AvgIpc) is 2.98. The fourth-order valence-electron chi connectivity index (χ4n) is 7.71. The molecule has 202 valence electrons. The quantitative estimate of drug-likeness (QED) is 0.182. The molecule has 8 rings (SSSR count). The Morgan fingerprint density at radius 1 is 0.262 bits per heavy atom. The molecule has 0 heterocycles. The van der Waals surface area contributed by atoms with Crippen LogP contribution in [0.1, 0.15) is 33.4 Å². The van der Waals surface area contributed by atoms with Gasteiger partial charge in [-0.05, 0) is 163 Å². The van der Waals surface area contributed by atoms with Crippen LogP contribution in [0, 0.1) is 41.5 Å². The van der Waals surface area contributed by atoms with Gasteiger partial charge in [0.1, 0.15) is 0 Å². The summed E-state index contributed by atoms with van der Waals surface area (Å²) in [6.07, 6.45) is 0. The third kappa shape index (κ3) is 3.36. The molecular formula is C42H34. The highest BCUT2D eigenvalue weighted by atomic mass is 14.2. The Labute approximate surface area is 247 Å². The maximum absolute atomic E-state index is 2.50. The zero-order valence-electron chi connectivity index (χ0n) is 25.2. The van der Waals surface area contributed by atoms with Gasteiger partial charge in [0, 0.05) is 0 Å². The lowest BCUT2D eigenvalue weighted by Crippen LogP contribution is -1.95. The molecule has 0 saturated heterocycles. The smallest absolute Gasteiger partial charge is 0.00174 e. The number of rotatable bonds is 1. The molecule has 0 atom stereocenters. The first-order valence-electron chi connectivity index (χ1n) is 15.0. The lowest BCUT2D eigenvalue weighted by Gasteiger charge is -2.21. The molecule has 0 saturated carbocycles. The van der Waals surface area contributed by atoms with Gasteiger partial charge in [0.25, 0.3) is 0 Å². The molecule has 8 aromatic rings. The van der Waals surface area contributed by atoms with Crippen LogP contribution in [0.5, 0.6) is 0 Å². The second-order valence-corrected chi connectivity index (χ2v) is 12.4. The first kappa shape index (κ1) is 25.1. The van der Waals surface area contributed by atoms with Crippen molar-refractivity contribution in [3.63, 3.8) is 0 Å². The average molecular weight is 539 g/mol. The van der Waals surface area contributed by atoms with Crippen LogP contribution in [0.15, 0.2) is 97.1 Å². The van der Waals surface area contributed by atoms with Crippen molar-refractivity contribution in [2.45, 2.75) is 41.5 Å². The molecule has 0 nitrogen and oxygen atoms in total. The Morgan fingerprint density at radius 3 is 0.881 bits per heavy atom. The summed E-state index contributed by atoms with van der Waals surface area (Å²) in [5, 5.41) is 16.2. The lowest BCUT2D eigenvalue weighted by atomic mass is 9.82. The van der Waals surface area contributed by atoms with E-state index in [0.717, 1.165) is 0 Å². The van der Waals surface area contributed by atoms with Crippen LogP contribution in [-0.4, -0.2) is 0 Å². The predicted octanol–water partition coefficient (Wildman–Crippen LogP) is 12.1. The van der Waals surface area contributed by atoms with Crippen molar-refractivity contribution in [3.8, 4) is 11.1 Å². The summed E-state index contributed by atoms with van der Waals surface area (Å²) < 4.78 is 0. The summed E-state index contributed by atoms with van der Waals surface area (Å²) in [5.41, 5.74) is 10.6. The van der Waals surface area contributed by atoms with E-state index in [1.165, 1.54) is 109 Å². The lowest BCUT2D eigenvalue weighted by molar-refractivity contribution is 1.49. The second kappa shape index (κ2) is 8.91. The summed E-state index contributed by atoms with van der Waals surface area (Å²) in [7, 11) is 0. The number of benzene rings is 8. The summed E-state index contributed by atoms with van der Waals surface area (Å²) in [6.45, 7) is 13.6. The SMILES string of the molecule is Cc1cccc2c1cc(-c1cc3c(C)cccc3c3c(C)cc4c(C)cccc4c13)c1c3cccc(C)c3cc(C)c21. The minimum Gasteiger partial charge on any atom is -0.0613 e. The van der Waals surface area contributed by atoms with Crippen LogP contribution >= 0.6 is 0 Å². The minimum atomic E-state index is 1.32. The highest BCUT2D eigenvalue weighted by Crippen LogP contribution is 2.47. The fourth-order valence-corrected chi connectivity index (χ4v) is 7.71. The van der Waals surface area contributed by atoms with E-state index in [1.54, 1.807) is 0 Å². The standard InChI is InChI=1S/C42H34/c1-23-11-9-17-31-33(23)19-27(5)39-29-15-7-13-25(3)35(29)21-37(41(31)39)38-22-36-26(4)14-8-16-30(36)40-28(6)20-34-24(2)12-10-18-32(34)42(38)40/h7-22H,1-6H3. The molecule has 0 aromatic heterocycles. The molecule has 0 heteroatoms. The van der Waals surface area contributed by atoms with E-state index < -0.39 is 0 Å². The largest absolute Gasteiger partial charge is 0.0613 e. The number of aryl methyl sites for hydroxylation is 6. The molecule has 0 radical (unpaired) electrons. The van der Waals surface area contributed by atoms with Crippen molar-refractivity contribution in [1.29, 1.82) is 0 Å². The molecule has 0 fully saturated rings. The number of hydrogen-bond donors (Lipinski definition) is 0. The molecule has 0 amide bonds.